The third kappa shape index (κ3) is 3.05. The highest BCUT2D eigenvalue weighted by Crippen LogP contribution is 2.29. The Morgan fingerprint density at radius 1 is 0.846 bits per heavy atom. The Bertz CT molecular complexity index is 1080. The molecule has 0 amide bonds. The zero-order chi connectivity index (χ0) is 17.9. The molecule has 2 heterocycles. The van der Waals surface area contributed by atoms with Gasteiger partial charge in [-0.2, -0.15) is 9.38 Å². The Morgan fingerprint density at radius 2 is 1.54 bits per heavy atom. The van der Waals surface area contributed by atoms with Crippen LogP contribution in [0.1, 0.15) is 0 Å². The molecule has 0 aliphatic carbocycles. The van der Waals surface area contributed by atoms with Gasteiger partial charge in [0.05, 0.1) is 6.20 Å². The summed E-state index contributed by atoms with van der Waals surface area (Å²) in [5.74, 6) is 0.111. The van der Waals surface area contributed by atoms with E-state index >= 15 is 0 Å². The van der Waals surface area contributed by atoms with Gasteiger partial charge in [0.1, 0.15) is 0 Å². The van der Waals surface area contributed by atoms with Crippen LogP contribution in [0.25, 0.3) is 5.65 Å². The molecular weight excluding hydrogens is 330 g/mol. The Morgan fingerprint density at radius 3 is 2.31 bits per heavy atom. The highest BCUT2D eigenvalue weighted by atomic mass is 16.6. The number of rotatable bonds is 5. The molecule has 128 valence electrons. The van der Waals surface area contributed by atoms with Crippen LogP contribution >= 0.6 is 0 Å². The van der Waals surface area contributed by atoms with Crippen molar-refractivity contribution in [2.75, 3.05) is 10.6 Å². The maximum Gasteiger partial charge on any atom is 0.372 e. The molecule has 0 unspecified atom stereocenters. The third-order valence-electron chi connectivity index (χ3n) is 3.87. The number of nitrogens with one attached hydrogen (secondary N) is 2. The van der Waals surface area contributed by atoms with Crippen molar-refractivity contribution in [1.29, 1.82) is 0 Å². The van der Waals surface area contributed by atoms with E-state index in [0.29, 0.717) is 11.3 Å². The number of nitro groups is 1. The standard InChI is InChI=1S/C19H15N5O2/c25-24(26)19-18(22-17-11-4-5-12-23(17)19)21-16-10-6-9-15(13-16)20-14-7-2-1-3-8-14/h1-13,20-21H. The minimum absolute atomic E-state index is 0.0954. The van der Waals surface area contributed by atoms with E-state index in [2.05, 4.69) is 15.6 Å². The van der Waals surface area contributed by atoms with Gasteiger partial charge in [-0.1, -0.05) is 30.3 Å². The molecule has 4 aromatic rings. The topological polar surface area (TPSA) is 84.5 Å². The fraction of sp³-hybridized carbons (Fsp3) is 0. The number of nitrogens with zero attached hydrogens (tertiary/aromatic N) is 3. The van der Waals surface area contributed by atoms with Gasteiger partial charge in [-0.3, -0.25) is 0 Å². The van der Waals surface area contributed by atoms with E-state index in [1.165, 1.54) is 4.40 Å². The Labute approximate surface area is 149 Å². The van der Waals surface area contributed by atoms with Crippen LogP contribution in [0, 0.1) is 10.1 Å². The molecule has 7 nitrogen and oxygen atoms in total. The van der Waals surface area contributed by atoms with E-state index in [-0.39, 0.29) is 11.6 Å². The van der Waals surface area contributed by atoms with Crippen LogP contribution in [-0.2, 0) is 0 Å². The highest BCUT2D eigenvalue weighted by Gasteiger charge is 2.22. The number of fused-ring (bicyclic) bond motifs is 1. The number of hydrogen-bond acceptors (Lipinski definition) is 5. The van der Waals surface area contributed by atoms with E-state index in [4.69, 9.17) is 0 Å². The van der Waals surface area contributed by atoms with Crippen molar-refractivity contribution in [3.63, 3.8) is 0 Å². The second-order valence-electron chi connectivity index (χ2n) is 5.67. The maximum atomic E-state index is 11.5. The van der Waals surface area contributed by atoms with Crippen molar-refractivity contribution in [3.05, 3.63) is 89.1 Å². The lowest BCUT2D eigenvalue weighted by Gasteiger charge is -2.09. The summed E-state index contributed by atoms with van der Waals surface area (Å²) in [6, 6.07) is 22.5. The Kier molecular flexibility index (Phi) is 3.95. The normalized spacial score (nSPS) is 10.6. The molecular formula is C19H15N5O2. The summed E-state index contributed by atoms with van der Waals surface area (Å²) < 4.78 is 1.45. The Hall–Kier alpha value is -3.87. The number of para-hydroxylation sites is 1. The van der Waals surface area contributed by atoms with Crippen LogP contribution in [0.5, 0.6) is 0 Å². The number of aromatic nitrogens is 2. The molecule has 4 rings (SSSR count). The van der Waals surface area contributed by atoms with Crippen LogP contribution in [-0.4, -0.2) is 14.3 Å². The van der Waals surface area contributed by atoms with Gasteiger partial charge in [-0.25, -0.2) is 0 Å². The number of hydrogen-bond donors (Lipinski definition) is 2. The van der Waals surface area contributed by atoms with Gasteiger partial charge < -0.3 is 20.7 Å². The summed E-state index contributed by atoms with van der Waals surface area (Å²) in [6.07, 6.45) is 1.62. The molecule has 0 aliphatic rings. The van der Waals surface area contributed by atoms with Gasteiger partial charge in [0.15, 0.2) is 0 Å². The average Bonchev–Trinajstić information content (AvgIpc) is 3.01. The lowest BCUT2D eigenvalue weighted by molar-refractivity contribution is -0.389. The van der Waals surface area contributed by atoms with Gasteiger partial charge in [0, 0.05) is 23.1 Å². The lowest BCUT2D eigenvalue weighted by Crippen LogP contribution is -1.99. The van der Waals surface area contributed by atoms with E-state index in [1.54, 1.807) is 24.4 Å². The fourth-order valence-corrected chi connectivity index (χ4v) is 2.74. The van der Waals surface area contributed by atoms with Crippen molar-refractivity contribution in [2.45, 2.75) is 0 Å². The van der Waals surface area contributed by atoms with Crippen molar-refractivity contribution in [2.24, 2.45) is 0 Å². The molecule has 0 bridgehead atoms. The molecule has 0 radical (unpaired) electrons. The number of benzene rings is 2. The molecule has 2 aromatic carbocycles. The number of pyridine rings is 1. The second-order valence-corrected chi connectivity index (χ2v) is 5.67. The van der Waals surface area contributed by atoms with Crippen molar-refractivity contribution in [1.82, 2.24) is 9.38 Å². The summed E-state index contributed by atoms with van der Waals surface area (Å²) in [5, 5.41) is 17.8. The molecule has 0 fully saturated rings. The first-order chi connectivity index (χ1) is 12.7. The summed E-state index contributed by atoms with van der Waals surface area (Å²) >= 11 is 0. The molecule has 26 heavy (non-hydrogen) atoms. The van der Waals surface area contributed by atoms with E-state index in [9.17, 15) is 10.1 Å². The molecule has 0 spiro atoms. The van der Waals surface area contributed by atoms with E-state index in [0.717, 1.165) is 11.4 Å². The zero-order valence-corrected chi connectivity index (χ0v) is 13.7. The number of imidazole rings is 1. The van der Waals surface area contributed by atoms with Crippen molar-refractivity contribution < 1.29 is 4.92 Å². The summed E-state index contributed by atoms with van der Waals surface area (Å²) in [4.78, 5) is 15.4. The first-order valence-electron chi connectivity index (χ1n) is 8.01. The third-order valence-corrected chi connectivity index (χ3v) is 3.87. The van der Waals surface area contributed by atoms with E-state index in [1.807, 2.05) is 54.6 Å². The molecule has 2 N–H and O–H groups in total. The minimum Gasteiger partial charge on any atom is -0.358 e. The van der Waals surface area contributed by atoms with Gasteiger partial charge in [-0.05, 0) is 41.3 Å². The summed E-state index contributed by atoms with van der Waals surface area (Å²) in [7, 11) is 0. The molecule has 0 saturated carbocycles. The zero-order valence-electron chi connectivity index (χ0n) is 13.7. The fourth-order valence-electron chi connectivity index (χ4n) is 2.74. The number of anilines is 4. The second kappa shape index (κ2) is 6.56. The SMILES string of the molecule is O=[N+]([O-])c1c(Nc2cccc(Nc3ccccc3)c2)nc2ccccn12. The van der Waals surface area contributed by atoms with Crippen LogP contribution in [0.15, 0.2) is 79.0 Å². The molecule has 0 aliphatic heterocycles. The first-order valence-corrected chi connectivity index (χ1v) is 8.01. The van der Waals surface area contributed by atoms with Gasteiger partial charge in [0.2, 0.25) is 11.5 Å². The first kappa shape index (κ1) is 15.6. The molecule has 0 saturated heterocycles. The van der Waals surface area contributed by atoms with Crippen molar-refractivity contribution in [3.8, 4) is 0 Å². The smallest absolute Gasteiger partial charge is 0.358 e. The van der Waals surface area contributed by atoms with Crippen LogP contribution < -0.4 is 10.6 Å². The van der Waals surface area contributed by atoms with Crippen LogP contribution in [0.3, 0.4) is 0 Å². The van der Waals surface area contributed by atoms with Gasteiger partial charge >= 0.3 is 5.82 Å². The maximum absolute atomic E-state index is 11.5. The highest BCUT2D eigenvalue weighted by molar-refractivity contribution is 5.72. The molecule has 7 heteroatoms. The van der Waals surface area contributed by atoms with Crippen LogP contribution in [0.4, 0.5) is 28.7 Å². The van der Waals surface area contributed by atoms with Crippen molar-refractivity contribution >= 4 is 34.3 Å². The molecule has 0 atom stereocenters. The monoisotopic (exact) mass is 345 g/mol. The minimum atomic E-state index is -0.436. The largest absolute Gasteiger partial charge is 0.372 e. The average molecular weight is 345 g/mol. The van der Waals surface area contributed by atoms with E-state index < -0.39 is 4.92 Å². The van der Waals surface area contributed by atoms with Gasteiger partial charge in [0.25, 0.3) is 0 Å². The summed E-state index contributed by atoms with van der Waals surface area (Å²) in [5.41, 5.74) is 3.05. The molecule has 2 aromatic heterocycles. The van der Waals surface area contributed by atoms with Crippen LogP contribution in [0.2, 0.25) is 0 Å². The Balaban J connectivity index is 1.66. The summed E-state index contributed by atoms with van der Waals surface area (Å²) in [6.45, 7) is 0. The lowest BCUT2D eigenvalue weighted by atomic mass is 10.2. The van der Waals surface area contributed by atoms with Gasteiger partial charge in [-0.15, -0.1) is 0 Å². The predicted molar refractivity (Wildman–Crippen MR) is 101 cm³/mol. The quantitative estimate of drug-likeness (QED) is 0.403. The predicted octanol–water partition coefficient (Wildman–Crippen LogP) is 4.73.